The predicted molar refractivity (Wildman–Crippen MR) is 105 cm³/mol. The zero-order valence-electron chi connectivity index (χ0n) is 17.6. The second-order valence-corrected chi connectivity index (χ2v) is 9.91. The van der Waals surface area contributed by atoms with Crippen molar-refractivity contribution in [2.75, 3.05) is 6.61 Å². The van der Waals surface area contributed by atoms with Gasteiger partial charge in [0.15, 0.2) is 12.1 Å². The van der Waals surface area contributed by atoms with E-state index in [4.69, 9.17) is 14.0 Å². The summed E-state index contributed by atoms with van der Waals surface area (Å²) < 4.78 is 45.5. The number of hydrogen-bond donors (Lipinski definition) is 4. The molecule has 1 fully saturated rings. The van der Waals surface area contributed by atoms with Crippen molar-refractivity contribution >= 4 is 16.2 Å². The van der Waals surface area contributed by atoms with E-state index in [1.807, 2.05) is 20.8 Å². The summed E-state index contributed by atoms with van der Waals surface area (Å²) in [6.07, 6.45) is -4.47. The first kappa shape index (κ1) is 25.3. The molecule has 30 heavy (non-hydrogen) atoms. The number of carbonyl (C=O) groups excluding carboxylic acids is 1. The summed E-state index contributed by atoms with van der Waals surface area (Å²) in [6, 6.07) is 0. The Morgan fingerprint density at radius 1 is 1.23 bits per heavy atom. The Labute approximate surface area is 176 Å². The minimum atomic E-state index is -4.77. The molecule has 0 spiro atoms. The van der Waals surface area contributed by atoms with Crippen LogP contribution in [0.3, 0.4) is 0 Å². The molecule has 0 aromatic heterocycles. The summed E-state index contributed by atoms with van der Waals surface area (Å²) in [5.41, 5.74) is 0.827. The topological polar surface area (TPSA) is 160 Å². The van der Waals surface area contributed by atoms with Crippen molar-refractivity contribution in [2.45, 2.75) is 83.8 Å². The molecule has 11 heteroatoms. The SMILES string of the molecule is CC1=CC(=O)CC(C)(C)C1CCC(C)OC1OC(COS(=O)(=O)O)C(O)C(O)C1O. The van der Waals surface area contributed by atoms with E-state index in [1.165, 1.54) is 0 Å². The van der Waals surface area contributed by atoms with Gasteiger partial charge in [0.05, 0.1) is 12.7 Å². The van der Waals surface area contributed by atoms with Crippen LogP contribution in [-0.2, 0) is 28.9 Å². The molecule has 1 aliphatic heterocycles. The van der Waals surface area contributed by atoms with Gasteiger partial charge in [-0.3, -0.25) is 9.35 Å². The highest BCUT2D eigenvalue weighted by Gasteiger charge is 2.45. The molecule has 0 aromatic rings. The van der Waals surface area contributed by atoms with Gasteiger partial charge < -0.3 is 24.8 Å². The van der Waals surface area contributed by atoms with Crippen LogP contribution in [0.1, 0.15) is 47.0 Å². The Morgan fingerprint density at radius 2 is 1.87 bits per heavy atom. The van der Waals surface area contributed by atoms with Crippen molar-refractivity contribution in [1.82, 2.24) is 0 Å². The van der Waals surface area contributed by atoms with Gasteiger partial charge in [0.1, 0.15) is 24.4 Å². The fourth-order valence-electron chi connectivity index (χ4n) is 4.23. The van der Waals surface area contributed by atoms with Crippen LogP contribution in [0.25, 0.3) is 0 Å². The van der Waals surface area contributed by atoms with Gasteiger partial charge in [0.2, 0.25) is 0 Å². The summed E-state index contributed by atoms with van der Waals surface area (Å²) in [5.74, 6) is 0.296. The average molecular weight is 453 g/mol. The van der Waals surface area contributed by atoms with Crippen molar-refractivity contribution in [2.24, 2.45) is 11.3 Å². The molecule has 1 heterocycles. The zero-order valence-corrected chi connectivity index (χ0v) is 18.4. The van der Waals surface area contributed by atoms with Crippen LogP contribution >= 0.6 is 0 Å². The van der Waals surface area contributed by atoms with Crippen LogP contribution in [0.5, 0.6) is 0 Å². The Kier molecular flexibility index (Phi) is 8.19. The summed E-state index contributed by atoms with van der Waals surface area (Å²) in [4.78, 5) is 11.8. The third-order valence-electron chi connectivity index (χ3n) is 5.79. The summed E-state index contributed by atoms with van der Waals surface area (Å²) in [7, 11) is -4.77. The molecule has 2 aliphatic rings. The monoisotopic (exact) mass is 452 g/mol. The molecule has 4 N–H and O–H groups in total. The number of aliphatic hydroxyl groups is 3. The van der Waals surface area contributed by atoms with Crippen molar-refractivity contribution in [3.63, 3.8) is 0 Å². The quantitative estimate of drug-likeness (QED) is 0.379. The van der Waals surface area contributed by atoms with Crippen molar-refractivity contribution in [3.05, 3.63) is 11.6 Å². The van der Waals surface area contributed by atoms with Gasteiger partial charge in [-0.25, -0.2) is 4.18 Å². The molecule has 1 saturated heterocycles. The third-order valence-corrected chi connectivity index (χ3v) is 6.22. The van der Waals surface area contributed by atoms with Crippen LogP contribution in [0.15, 0.2) is 11.6 Å². The lowest BCUT2D eigenvalue weighted by atomic mass is 9.66. The van der Waals surface area contributed by atoms with E-state index in [1.54, 1.807) is 13.0 Å². The van der Waals surface area contributed by atoms with Gasteiger partial charge in [0.25, 0.3) is 0 Å². The van der Waals surface area contributed by atoms with Crippen molar-refractivity contribution in [1.29, 1.82) is 0 Å². The normalized spacial score (nSPS) is 35.7. The highest BCUT2D eigenvalue weighted by molar-refractivity contribution is 7.80. The van der Waals surface area contributed by atoms with Crippen LogP contribution in [0, 0.1) is 11.3 Å². The van der Waals surface area contributed by atoms with E-state index in [0.717, 1.165) is 12.0 Å². The smallest absolute Gasteiger partial charge is 0.387 e. The Balaban J connectivity index is 1.96. The number of allylic oxidation sites excluding steroid dienone is 2. The van der Waals surface area contributed by atoms with Gasteiger partial charge in [-0.2, -0.15) is 8.42 Å². The molecule has 0 aromatic carbocycles. The number of hydrogen-bond acceptors (Lipinski definition) is 9. The molecule has 0 radical (unpaired) electrons. The molecule has 0 amide bonds. The van der Waals surface area contributed by atoms with Crippen LogP contribution in [0.2, 0.25) is 0 Å². The predicted octanol–water partition coefficient (Wildman–Crippen LogP) is 0.360. The fourth-order valence-corrected chi connectivity index (χ4v) is 4.54. The van der Waals surface area contributed by atoms with Crippen LogP contribution in [0.4, 0.5) is 0 Å². The largest absolute Gasteiger partial charge is 0.397 e. The molecule has 7 unspecified atom stereocenters. The molecular formula is C19H32O10S. The number of ether oxygens (including phenoxy) is 2. The minimum absolute atomic E-state index is 0.113. The lowest BCUT2D eigenvalue weighted by Gasteiger charge is -2.41. The maximum Gasteiger partial charge on any atom is 0.397 e. The standard InChI is InChI=1S/C19H32O10S/c1-10-7-12(20)8-19(3,4)13(10)6-5-11(2)28-18-17(23)16(22)15(21)14(29-18)9-27-30(24,25)26/h7,11,13-18,21-23H,5-6,8-9H2,1-4H3,(H,24,25,26). The van der Waals surface area contributed by atoms with E-state index in [-0.39, 0.29) is 17.1 Å². The number of rotatable bonds is 8. The Morgan fingerprint density at radius 3 is 2.43 bits per heavy atom. The highest BCUT2D eigenvalue weighted by Crippen LogP contribution is 2.42. The first-order chi connectivity index (χ1) is 13.7. The van der Waals surface area contributed by atoms with Crippen LogP contribution in [-0.4, -0.2) is 77.5 Å². The number of carbonyl (C=O) groups is 1. The van der Waals surface area contributed by atoms with Gasteiger partial charge in [-0.1, -0.05) is 19.4 Å². The lowest BCUT2D eigenvalue weighted by molar-refractivity contribution is -0.309. The minimum Gasteiger partial charge on any atom is -0.387 e. The average Bonchev–Trinajstić information content (AvgIpc) is 2.58. The van der Waals surface area contributed by atoms with E-state index in [9.17, 15) is 28.5 Å². The van der Waals surface area contributed by atoms with Crippen molar-refractivity contribution in [3.8, 4) is 0 Å². The maximum absolute atomic E-state index is 11.8. The summed E-state index contributed by atoms with van der Waals surface area (Å²) in [6.45, 7) is 7.02. The third kappa shape index (κ3) is 6.54. The second-order valence-electron chi connectivity index (χ2n) is 8.82. The highest BCUT2D eigenvalue weighted by atomic mass is 32.3. The van der Waals surface area contributed by atoms with E-state index in [0.29, 0.717) is 12.8 Å². The molecule has 1 aliphatic carbocycles. The molecule has 2 rings (SSSR count). The fraction of sp³-hybridized carbons (Fsp3) is 0.842. The van der Waals surface area contributed by atoms with Gasteiger partial charge in [-0.05, 0) is 44.1 Å². The van der Waals surface area contributed by atoms with Gasteiger partial charge >= 0.3 is 10.4 Å². The summed E-state index contributed by atoms with van der Waals surface area (Å²) in [5, 5.41) is 30.1. The van der Waals surface area contributed by atoms with Gasteiger partial charge in [0, 0.05) is 6.42 Å². The Bertz CT molecular complexity index is 746. The molecule has 10 nitrogen and oxygen atoms in total. The van der Waals surface area contributed by atoms with E-state index < -0.39 is 53.8 Å². The van der Waals surface area contributed by atoms with Gasteiger partial charge in [-0.15, -0.1) is 0 Å². The molecule has 0 bridgehead atoms. The lowest BCUT2D eigenvalue weighted by Crippen LogP contribution is -2.59. The first-order valence-corrected chi connectivity index (χ1v) is 11.3. The van der Waals surface area contributed by atoms with E-state index >= 15 is 0 Å². The van der Waals surface area contributed by atoms with Crippen LogP contribution < -0.4 is 0 Å². The second kappa shape index (κ2) is 9.70. The zero-order chi connectivity index (χ0) is 22.9. The van der Waals surface area contributed by atoms with E-state index in [2.05, 4.69) is 4.18 Å². The molecule has 0 saturated carbocycles. The molecule has 7 atom stereocenters. The number of aliphatic hydroxyl groups excluding tert-OH is 3. The molecule has 174 valence electrons. The maximum atomic E-state index is 11.8. The van der Waals surface area contributed by atoms with Crippen molar-refractivity contribution < 1.29 is 46.7 Å². The first-order valence-electron chi connectivity index (χ1n) is 9.89. The summed E-state index contributed by atoms with van der Waals surface area (Å²) >= 11 is 0. The number of ketones is 1. The molecular weight excluding hydrogens is 420 g/mol. The Hall–Kier alpha value is -0.920.